The summed E-state index contributed by atoms with van der Waals surface area (Å²) in [5.41, 5.74) is -0.319. The van der Waals surface area contributed by atoms with Crippen molar-refractivity contribution in [2.24, 2.45) is 0 Å². The van der Waals surface area contributed by atoms with E-state index >= 15 is 0 Å². The van der Waals surface area contributed by atoms with Crippen molar-refractivity contribution in [1.82, 2.24) is 14.8 Å². The molecule has 4 aromatic rings. The summed E-state index contributed by atoms with van der Waals surface area (Å²) in [6.07, 6.45) is 1.65. The molecule has 13 heteroatoms. The molecule has 0 saturated heterocycles. The highest BCUT2D eigenvalue weighted by Gasteiger charge is 2.43. The smallest absolute Gasteiger partial charge is 0.265 e. The van der Waals surface area contributed by atoms with Crippen LogP contribution >= 0.6 is 18.9 Å². The maximum absolute atomic E-state index is 14.9. The Hall–Kier alpha value is -3.33. The lowest BCUT2D eigenvalue weighted by Crippen LogP contribution is -2.39. The number of rotatable bonds is 8. The minimum atomic E-state index is -4.63. The number of nitriles is 1. The Morgan fingerprint density at radius 2 is 2.03 bits per heavy atom. The Morgan fingerprint density at radius 1 is 1.31 bits per heavy atom. The number of hydrogen-bond donors (Lipinski definition) is 2. The van der Waals surface area contributed by atoms with Gasteiger partial charge in [-0.1, -0.05) is 25.1 Å². The third-order valence-corrected chi connectivity index (χ3v) is 7.40. The molecular formula is C23H20F2N5O4PS. The number of halogens is 2. The molecule has 0 spiro atoms. The van der Waals surface area contributed by atoms with E-state index in [-0.39, 0.29) is 12.1 Å². The monoisotopic (exact) mass is 531 g/mol. The molecular weight excluding hydrogens is 511 g/mol. The van der Waals surface area contributed by atoms with E-state index < -0.39 is 37.0 Å². The van der Waals surface area contributed by atoms with Crippen LogP contribution in [0.2, 0.25) is 0 Å². The Bertz CT molecular complexity index is 1480. The molecule has 186 valence electrons. The van der Waals surface area contributed by atoms with E-state index in [2.05, 4.69) is 10.1 Å². The van der Waals surface area contributed by atoms with Gasteiger partial charge in [0.1, 0.15) is 30.1 Å². The fourth-order valence-electron chi connectivity index (χ4n) is 3.81. The molecule has 3 atom stereocenters. The predicted molar refractivity (Wildman–Crippen MR) is 123 cm³/mol. The second-order valence-corrected chi connectivity index (χ2v) is 10.7. The van der Waals surface area contributed by atoms with Gasteiger partial charge in [0.05, 0.1) is 22.3 Å². The van der Waals surface area contributed by atoms with Crippen molar-refractivity contribution in [3.63, 3.8) is 0 Å². The second-order valence-electron chi connectivity index (χ2n) is 8.27. The van der Waals surface area contributed by atoms with Crippen LogP contribution in [0.25, 0.3) is 11.3 Å². The van der Waals surface area contributed by atoms with Crippen LogP contribution in [0, 0.1) is 23.0 Å². The zero-order chi connectivity index (χ0) is 26.1. The van der Waals surface area contributed by atoms with E-state index in [4.69, 9.17) is 10.2 Å². The number of aromatic nitrogens is 4. The van der Waals surface area contributed by atoms with Gasteiger partial charge in [0, 0.05) is 33.6 Å². The summed E-state index contributed by atoms with van der Waals surface area (Å²) in [6.45, 7) is 1.31. The summed E-state index contributed by atoms with van der Waals surface area (Å²) < 4.78 is 42.0. The Morgan fingerprint density at radius 3 is 2.67 bits per heavy atom. The first-order chi connectivity index (χ1) is 17.0. The highest BCUT2D eigenvalue weighted by atomic mass is 32.1. The van der Waals surface area contributed by atoms with Crippen LogP contribution in [-0.4, -0.2) is 24.8 Å². The maximum Gasteiger partial charge on any atom is 0.265 e. The first-order valence-corrected chi connectivity index (χ1v) is 13.2. The molecule has 0 aliphatic rings. The molecule has 0 radical (unpaired) electrons. The van der Waals surface area contributed by atoms with Crippen LogP contribution in [0.1, 0.15) is 29.0 Å². The molecule has 0 fully saturated rings. The topological polar surface area (TPSA) is 139 Å². The first kappa shape index (κ1) is 25.8. The lowest BCUT2D eigenvalue weighted by atomic mass is 9.82. The SMILES string of the molecule is C[C@@H](c1nc(-c2ccc(C#N)cc2)cs1)[C@](O)(Cn1c[n+](CP(=O)([O-])O)cn1)c1ccc(F)cc1F. The van der Waals surface area contributed by atoms with Crippen molar-refractivity contribution in [2.75, 3.05) is 0 Å². The van der Waals surface area contributed by atoms with Crippen molar-refractivity contribution in [2.45, 2.75) is 31.3 Å². The van der Waals surface area contributed by atoms with Crippen LogP contribution in [0.3, 0.4) is 0 Å². The molecule has 0 saturated carbocycles. The third-order valence-electron chi connectivity index (χ3n) is 5.69. The van der Waals surface area contributed by atoms with Crippen molar-refractivity contribution in [3.05, 3.63) is 88.3 Å². The minimum absolute atomic E-state index is 0.190. The molecule has 4 rings (SSSR count). The third kappa shape index (κ3) is 5.56. The van der Waals surface area contributed by atoms with Gasteiger partial charge in [-0.15, -0.1) is 16.0 Å². The van der Waals surface area contributed by atoms with Crippen LogP contribution in [0.4, 0.5) is 8.78 Å². The van der Waals surface area contributed by atoms with Crippen molar-refractivity contribution in [3.8, 4) is 17.3 Å². The Kier molecular flexibility index (Phi) is 7.13. The van der Waals surface area contributed by atoms with Gasteiger partial charge in [-0.05, 0) is 18.2 Å². The van der Waals surface area contributed by atoms with Gasteiger partial charge < -0.3 is 19.5 Å². The average molecular weight is 531 g/mol. The number of nitrogens with zero attached hydrogens (tertiary/aromatic N) is 5. The molecule has 0 bridgehead atoms. The predicted octanol–water partition coefficient (Wildman–Crippen LogP) is 2.64. The quantitative estimate of drug-likeness (QED) is 0.263. The van der Waals surface area contributed by atoms with E-state index in [0.717, 1.165) is 28.6 Å². The second kappa shape index (κ2) is 9.97. The molecule has 9 nitrogen and oxygen atoms in total. The fourth-order valence-corrected chi connectivity index (χ4v) is 5.34. The summed E-state index contributed by atoms with van der Waals surface area (Å²) in [6, 6.07) is 11.7. The molecule has 0 amide bonds. The number of aliphatic hydroxyl groups is 1. The highest BCUT2D eigenvalue weighted by Crippen LogP contribution is 2.41. The molecule has 1 unspecified atom stereocenters. The number of thiazole rings is 1. The number of benzene rings is 2. The van der Waals surface area contributed by atoms with E-state index in [1.807, 2.05) is 6.07 Å². The lowest BCUT2D eigenvalue weighted by molar-refractivity contribution is -0.683. The Balaban J connectivity index is 1.71. The zero-order valence-electron chi connectivity index (χ0n) is 18.8. The van der Waals surface area contributed by atoms with Crippen LogP contribution in [0.5, 0.6) is 0 Å². The van der Waals surface area contributed by atoms with E-state index in [9.17, 15) is 23.3 Å². The van der Waals surface area contributed by atoms with Gasteiger partial charge in [-0.25, -0.2) is 18.3 Å². The van der Waals surface area contributed by atoms with Gasteiger partial charge in [-0.3, -0.25) is 0 Å². The first-order valence-electron chi connectivity index (χ1n) is 10.6. The van der Waals surface area contributed by atoms with Gasteiger partial charge in [-0.2, -0.15) is 5.26 Å². The summed E-state index contributed by atoms with van der Waals surface area (Å²) in [7, 11) is -4.63. The molecule has 2 N–H and O–H groups in total. The van der Waals surface area contributed by atoms with Crippen LogP contribution in [0.15, 0.2) is 60.5 Å². The van der Waals surface area contributed by atoms with Gasteiger partial charge in [0.15, 0.2) is 7.60 Å². The highest BCUT2D eigenvalue weighted by molar-refractivity contribution is 7.48. The maximum atomic E-state index is 14.9. The van der Waals surface area contributed by atoms with E-state index in [0.29, 0.717) is 22.3 Å². The molecule has 0 aliphatic heterocycles. The Labute approximate surface area is 208 Å². The minimum Gasteiger partial charge on any atom is -0.776 e. The number of hydrogen-bond acceptors (Lipinski definition) is 7. The van der Waals surface area contributed by atoms with Gasteiger partial charge >= 0.3 is 0 Å². The van der Waals surface area contributed by atoms with E-state index in [1.54, 1.807) is 36.6 Å². The molecule has 2 heterocycles. The molecule has 36 heavy (non-hydrogen) atoms. The summed E-state index contributed by atoms with van der Waals surface area (Å²) >= 11 is 1.24. The summed E-state index contributed by atoms with van der Waals surface area (Å²) in [5.74, 6) is -2.59. The van der Waals surface area contributed by atoms with Gasteiger partial charge in [0.25, 0.3) is 6.33 Å². The largest absolute Gasteiger partial charge is 0.776 e. The molecule has 0 aliphatic carbocycles. The zero-order valence-corrected chi connectivity index (χ0v) is 20.5. The normalized spacial score (nSPS) is 15.6. The van der Waals surface area contributed by atoms with E-state index in [1.165, 1.54) is 22.3 Å². The summed E-state index contributed by atoms with van der Waals surface area (Å²) in [5, 5.41) is 27.1. The standard InChI is InChI=1S/C23H20F2N5O4PS/c1-15(22-28-21(10-36-22)17-4-2-16(9-26)3-5-17)23(31,19-7-6-18(24)8-20(19)25)11-30-13-29(12-27-30)14-35(32,33)34/h2-8,10,12-13,15,31H,11,14H2,1H3,(H-,32,33,34)/t15-,23+/m0/s1. The van der Waals surface area contributed by atoms with Crippen molar-refractivity contribution < 1.29 is 32.8 Å². The lowest BCUT2D eigenvalue weighted by Gasteiger charge is -2.32. The van der Waals surface area contributed by atoms with Gasteiger partial charge in [0.2, 0.25) is 6.33 Å². The molecule has 2 aromatic heterocycles. The average Bonchev–Trinajstić information content (AvgIpc) is 3.47. The van der Waals surface area contributed by atoms with Crippen LogP contribution in [-0.2, 0) is 23.0 Å². The fraction of sp³-hybridized carbons (Fsp3) is 0.217. The summed E-state index contributed by atoms with van der Waals surface area (Å²) in [4.78, 5) is 24.9. The van der Waals surface area contributed by atoms with Crippen LogP contribution < -0.4 is 9.46 Å². The molecule has 2 aromatic carbocycles. The van der Waals surface area contributed by atoms with Crippen molar-refractivity contribution in [1.29, 1.82) is 5.26 Å². The van der Waals surface area contributed by atoms with Crippen molar-refractivity contribution >= 4 is 18.9 Å².